The summed E-state index contributed by atoms with van der Waals surface area (Å²) < 4.78 is 0. The summed E-state index contributed by atoms with van der Waals surface area (Å²) in [6, 6.07) is 3.58. The van der Waals surface area contributed by atoms with Crippen LogP contribution >= 0.6 is 0 Å². The molecule has 3 amide bonds. The van der Waals surface area contributed by atoms with Gasteiger partial charge in [0.05, 0.1) is 5.60 Å². The van der Waals surface area contributed by atoms with Gasteiger partial charge in [0.15, 0.2) is 0 Å². The van der Waals surface area contributed by atoms with Crippen LogP contribution in [0.4, 0.5) is 4.79 Å². The molecule has 0 aromatic carbocycles. The number of rotatable bonds is 4. The Hall–Kier alpha value is -2.15. The molecule has 130 valence electrons. The first-order valence-corrected chi connectivity index (χ1v) is 8.45. The molecule has 0 atom stereocenters. The molecule has 0 spiro atoms. The van der Waals surface area contributed by atoms with Crippen molar-refractivity contribution in [3.8, 4) is 0 Å². The summed E-state index contributed by atoms with van der Waals surface area (Å²) in [7, 11) is 0. The van der Waals surface area contributed by atoms with Crippen LogP contribution in [-0.2, 0) is 10.4 Å². The van der Waals surface area contributed by atoms with E-state index < -0.39 is 5.60 Å². The number of aliphatic hydroxyl groups is 1. The highest BCUT2D eigenvalue weighted by Crippen LogP contribution is 2.36. The van der Waals surface area contributed by atoms with Gasteiger partial charge in [-0.1, -0.05) is 6.07 Å². The van der Waals surface area contributed by atoms with Gasteiger partial charge in [0.25, 0.3) is 0 Å². The van der Waals surface area contributed by atoms with Gasteiger partial charge in [-0.05, 0) is 44.6 Å². The zero-order chi connectivity index (χ0) is 17.2. The Kier molecular flexibility index (Phi) is 4.71. The predicted octanol–water partition coefficient (Wildman–Crippen LogP) is 0.775. The molecular weight excluding hydrogens is 308 g/mol. The molecule has 0 unspecified atom stereocenters. The smallest absolute Gasteiger partial charge is 0.315 e. The van der Waals surface area contributed by atoms with Gasteiger partial charge in [-0.25, -0.2) is 4.79 Å². The van der Waals surface area contributed by atoms with E-state index in [1.54, 1.807) is 12.4 Å². The number of nitrogens with two attached hydrogens (primary N) is 1. The van der Waals surface area contributed by atoms with Crippen molar-refractivity contribution in [2.24, 2.45) is 11.7 Å². The maximum atomic E-state index is 12.0. The van der Waals surface area contributed by atoms with E-state index in [-0.39, 0.29) is 29.9 Å². The molecule has 5 N–H and O–H groups in total. The molecule has 24 heavy (non-hydrogen) atoms. The van der Waals surface area contributed by atoms with Gasteiger partial charge in [0.1, 0.15) is 0 Å². The average molecular weight is 332 g/mol. The van der Waals surface area contributed by atoms with Crippen LogP contribution in [-0.4, -0.2) is 34.1 Å². The molecule has 0 radical (unpaired) electrons. The quantitative estimate of drug-likeness (QED) is 0.651. The SMILES string of the molecule is NC(=O)C1CC(NC(=O)NC2CCC(O)(c3cccnc3)CC2)C1. The minimum Gasteiger partial charge on any atom is -0.385 e. The zero-order valence-corrected chi connectivity index (χ0v) is 13.6. The summed E-state index contributed by atoms with van der Waals surface area (Å²) in [5.41, 5.74) is 5.20. The Balaban J connectivity index is 1.42. The van der Waals surface area contributed by atoms with Crippen LogP contribution in [0.25, 0.3) is 0 Å². The van der Waals surface area contributed by atoms with Crippen molar-refractivity contribution in [1.82, 2.24) is 15.6 Å². The third-order valence-electron chi connectivity index (χ3n) is 5.22. The third-order valence-corrected chi connectivity index (χ3v) is 5.22. The van der Waals surface area contributed by atoms with Crippen molar-refractivity contribution in [3.63, 3.8) is 0 Å². The molecule has 7 heteroatoms. The first kappa shape index (κ1) is 16.7. The Labute approximate surface area is 141 Å². The summed E-state index contributed by atoms with van der Waals surface area (Å²) in [6.07, 6.45) is 7.25. The monoisotopic (exact) mass is 332 g/mol. The van der Waals surface area contributed by atoms with Crippen LogP contribution < -0.4 is 16.4 Å². The number of nitrogens with one attached hydrogen (secondary N) is 2. The van der Waals surface area contributed by atoms with E-state index in [0.29, 0.717) is 38.5 Å². The van der Waals surface area contributed by atoms with Gasteiger partial charge in [-0.3, -0.25) is 9.78 Å². The van der Waals surface area contributed by atoms with Crippen molar-refractivity contribution < 1.29 is 14.7 Å². The van der Waals surface area contributed by atoms with Crippen LogP contribution in [0.2, 0.25) is 0 Å². The number of pyridine rings is 1. The van der Waals surface area contributed by atoms with E-state index in [9.17, 15) is 14.7 Å². The van der Waals surface area contributed by atoms with Gasteiger partial charge in [0.2, 0.25) is 5.91 Å². The molecule has 0 aliphatic heterocycles. The molecule has 0 bridgehead atoms. The number of urea groups is 1. The lowest BCUT2D eigenvalue weighted by Crippen LogP contribution is -2.53. The number of aromatic nitrogens is 1. The Morgan fingerprint density at radius 3 is 2.46 bits per heavy atom. The summed E-state index contributed by atoms with van der Waals surface area (Å²) >= 11 is 0. The Bertz CT molecular complexity index is 593. The number of amides is 3. The van der Waals surface area contributed by atoms with Crippen LogP contribution in [0.1, 0.15) is 44.1 Å². The first-order chi connectivity index (χ1) is 11.5. The van der Waals surface area contributed by atoms with Crippen molar-refractivity contribution in [2.45, 2.75) is 56.2 Å². The number of hydrogen-bond donors (Lipinski definition) is 4. The van der Waals surface area contributed by atoms with Gasteiger partial charge in [-0.2, -0.15) is 0 Å². The fraction of sp³-hybridized carbons (Fsp3) is 0.588. The standard InChI is InChI=1S/C17H24N4O3/c18-15(22)11-8-14(9-11)21-16(23)20-13-3-5-17(24,6-4-13)12-2-1-7-19-10-12/h1-2,7,10-11,13-14,24H,3-6,8-9H2,(H2,18,22)(H2,20,21,23). The second-order valence-electron chi connectivity index (χ2n) is 6.93. The number of nitrogens with zero attached hydrogens (tertiary/aromatic N) is 1. The molecule has 7 nitrogen and oxygen atoms in total. The van der Waals surface area contributed by atoms with Crippen molar-refractivity contribution in [3.05, 3.63) is 30.1 Å². The second-order valence-corrected chi connectivity index (χ2v) is 6.93. The van der Waals surface area contributed by atoms with Crippen LogP contribution in [0.5, 0.6) is 0 Å². The van der Waals surface area contributed by atoms with Gasteiger partial charge >= 0.3 is 6.03 Å². The van der Waals surface area contributed by atoms with Crippen LogP contribution in [0.15, 0.2) is 24.5 Å². The average Bonchev–Trinajstić information content (AvgIpc) is 2.53. The van der Waals surface area contributed by atoms with E-state index in [1.165, 1.54) is 0 Å². The minimum absolute atomic E-state index is 0.0263. The molecule has 1 aromatic heterocycles. The van der Waals surface area contributed by atoms with Crippen molar-refractivity contribution in [1.29, 1.82) is 0 Å². The fourth-order valence-electron chi connectivity index (χ4n) is 3.55. The van der Waals surface area contributed by atoms with E-state index in [0.717, 1.165) is 5.56 Å². The first-order valence-electron chi connectivity index (χ1n) is 8.45. The van der Waals surface area contributed by atoms with Gasteiger partial charge in [-0.15, -0.1) is 0 Å². The highest BCUT2D eigenvalue weighted by Gasteiger charge is 2.37. The summed E-state index contributed by atoms with van der Waals surface area (Å²) in [6.45, 7) is 0. The largest absolute Gasteiger partial charge is 0.385 e. The summed E-state index contributed by atoms with van der Waals surface area (Å²) in [4.78, 5) is 27.1. The zero-order valence-electron chi connectivity index (χ0n) is 13.6. The van der Waals surface area contributed by atoms with Crippen molar-refractivity contribution >= 4 is 11.9 Å². The molecule has 2 saturated carbocycles. The van der Waals surface area contributed by atoms with E-state index >= 15 is 0 Å². The lowest BCUT2D eigenvalue weighted by molar-refractivity contribution is -0.124. The molecule has 1 aromatic rings. The van der Waals surface area contributed by atoms with E-state index in [2.05, 4.69) is 15.6 Å². The number of primary amides is 1. The highest BCUT2D eigenvalue weighted by atomic mass is 16.3. The van der Waals surface area contributed by atoms with Gasteiger partial charge in [0, 0.05) is 36.0 Å². The Morgan fingerprint density at radius 1 is 1.21 bits per heavy atom. The van der Waals surface area contributed by atoms with Gasteiger partial charge < -0.3 is 21.5 Å². The number of carbonyl (C=O) groups excluding carboxylic acids is 2. The minimum atomic E-state index is -0.856. The summed E-state index contributed by atoms with van der Waals surface area (Å²) in [5.74, 6) is -0.408. The lowest BCUT2D eigenvalue weighted by atomic mass is 9.78. The topological polar surface area (TPSA) is 117 Å². The molecule has 0 saturated heterocycles. The third kappa shape index (κ3) is 3.67. The lowest BCUT2D eigenvalue weighted by Gasteiger charge is -2.37. The molecular formula is C17H24N4O3. The maximum absolute atomic E-state index is 12.0. The van der Waals surface area contributed by atoms with Crippen LogP contribution in [0, 0.1) is 5.92 Å². The summed E-state index contributed by atoms with van der Waals surface area (Å²) in [5, 5.41) is 16.6. The fourth-order valence-corrected chi connectivity index (χ4v) is 3.55. The van der Waals surface area contributed by atoms with Crippen molar-refractivity contribution in [2.75, 3.05) is 0 Å². The van der Waals surface area contributed by atoms with E-state index in [1.807, 2.05) is 12.1 Å². The molecule has 2 fully saturated rings. The second kappa shape index (κ2) is 6.76. The maximum Gasteiger partial charge on any atom is 0.315 e. The molecule has 3 rings (SSSR count). The molecule has 2 aliphatic carbocycles. The van der Waals surface area contributed by atoms with E-state index in [4.69, 9.17) is 5.73 Å². The number of carbonyl (C=O) groups is 2. The molecule has 1 heterocycles. The van der Waals surface area contributed by atoms with Crippen LogP contribution in [0.3, 0.4) is 0 Å². The predicted molar refractivity (Wildman–Crippen MR) is 87.8 cm³/mol. The number of hydrogen-bond acceptors (Lipinski definition) is 4. The molecule has 2 aliphatic rings. The Morgan fingerprint density at radius 2 is 1.88 bits per heavy atom. The normalized spacial score (nSPS) is 32.5. The highest BCUT2D eigenvalue weighted by molar-refractivity contribution is 5.79.